The molecule has 2 heterocycles. The Labute approximate surface area is 141 Å². The Morgan fingerprint density at radius 1 is 1.43 bits per heavy atom. The highest BCUT2D eigenvalue weighted by atomic mass is 79.9. The monoisotopic (exact) mass is 384 g/mol. The lowest BCUT2D eigenvalue weighted by molar-refractivity contribution is -0.136. The van der Waals surface area contributed by atoms with Crippen molar-refractivity contribution in [3.63, 3.8) is 0 Å². The molecule has 2 aromatic heterocycles. The van der Waals surface area contributed by atoms with Gasteiger partial charge >= 0.3 is 12.0 Å². The largest absolute Gasteiger partial charge is 0.481 e. The molecule has 124 valence electrons. The third-order valence-electron chi connectivity index (χ3n) is 3.07. The van der Waals surface area contributed by atoms with Gasteiger partial charge in [-0.15, -0.1) is 0 Å². The molecule has 2 aromatic rings. The van der Waals surface area contributed by atoms with Crippen LogP contribution >= 0.6 is 15.9 Å². The molecule has 0 fully saturated rings. The number of carbonyl (C=O) groups is 2. The SMILES string of the molecule is O=C(O)CCNC(=O)N(CCn1ccnc1)Cc1ccc(Br)o1. The van der Waals surface area contributed by atoms with Gasteiger partial charge in [0.05, 0.1) is 19.3 Å². The number of aliphatic carboxylic acids is 1. The molecule has 0 aromatic carbocycles. The molecule has 0 atom stereocenters. The van der Waals surface area contributed by atoms with Crippen molar-refractivity contribution in [2.75, 3.05) is 13.1 Å². The van der Waals surface area contributed by atoms with Gasteiger partial charge in [0, 0.05) is 32.0 Å². The number of carboxylic acid groups (broad SMARTS) is 1. The second-order valence-electron chi connectivity index (χ2n) is 4.80. The Morgan fingerprint density at radius 2 is 2.26 bits per heavy atom. The Bertz CT molecular complexity index is 641. The zero-order valence-electron chi connectivity index (χ0n) is 12.3. The predicted molar refractivity (Wildman–Crippen MR) is 84.7 cm³/mol. The van der Waals surface area contributed by atoms with E-state index >= 15 is 0 Å². The standard InChI is InChI=1S/C14H17BrN4O4/c15-12-2-1-11(23-12)9-19(8-7-18-6-5-16-10-18)14(22)17-4-3-13(20)21/h1-2,5-6,10H,3-4,7-9H2,(H,17,22)(H,20,21). The summed E-state index contributed by atoms with van der Waals surface area (Å²) in [6.07, 6.45) is 5.03. The zero-order valence-corrected chi connectivity index (χ0v) is 13.9. The molecule has 2 rings (SSSR count). The molecule has 2 N–H and O–H groups in total. The molecule has 0 saturated heterocycles. The Hall–Kier alpha value is -2.29. The number of aromatic nitrogens is 2. The van der Waals surface area contributed by atoms with Gasteiger partial charge in [0.2, 0.25) is 0 Å². The van der Waals surface area contributed by atoms with Crippen LogP contribution in [0.2, 0.25) is 0 Å². The molecule has 9 heteroatoms. The number of imidazole rings is 1. The highest BCUT2D eigenvalue weighted by Gasteiger charge is 2.16. The number of hydrogen-bond acceptors (Lipinski definition) is 4. The van der Waals surface area contributed by atoms with E-state index < -0.39 is 5.97 Å². The topological polar surface area (TPSA) is 101 Å². The fourth-order valence-corrected chi connectivity index (χ4v) is 2.26. The molecule has 23 heavy (non-hydrogen) atoms. The minimum atomic E-state index is -0.953. The van der Waals surface area contributed by atoms with Crippen molar-refractivity contribution in [2.24, 2.45) is 0 Å². The Kier molecular flexibility index (Phi) is 6.21. The molecule has 0 spiro atoms. The predicted octanol–water partition coefficient (Wildman–Crippen LogP) is 1.93. The second-order valence-corrected chi connectivity index (χ2v) is 5.59. The molecular weight excluding hydrogens is 368 g/mol. The van der Waals surface area contributed by atoms with E-state index in [1.165, 1.54) is 0 Å². The van der Waals surface area contributed by atoms with Gasteiger partial charge in [-0.3, -0.25) is 4.79 Å². The Morgan fingerprint density at radius 3 is 2.87 bits per heavy atom. The maximum Gasteiger partial charge on any atom is 0.317 e. The van der Waals surface area contributed by atoms with Crippen LogP contribution in [0, 0.1) is 0 Å². The van der Waals surface area contributed by atoms with Gasteiger partial charge in [0.1, 0.15) is 5.76 Å². The summed E-state index contributed by atoms with van der Waals surface area (Å²) in [6.45, 7) is 1.39. The number of urea groups is 1. The van der Waals surface area contributed by atoms with E-state index in [2.05, 4.69) is 26.2 Å². The van der Waals surface area contributed by atoms with E-state index in [0.717, 1.165) is 0 Å². The lowest BCUT2D eigenvalue weighted by Crippen LogP contribution is -2.41. The Balaban J connectivity index is 1.94. The third kappa shape index (κ3) is 5.78. The summed E-state index contributed by atoms with van der Waals surface area (Å²) < 4.78 is 7.87. The summed E-state index contributed by atoms with van der Waals surface area (Å²) in [4.78, 5) is 28.3. The molecule has 0 bridgehead atoms. The average Bonchev–Trinajstić information content (AvgIpc) is 3.14. The van der Waals surface area contributed by atoms with Crippen LogP contribution in [0.1, 0.15) is 12.2 Å². The van der Waals surface area contributed by atoms with E-state index in [-0.39, 0.29) is 19.0 Å². The molecule has 8 nitrogen and oxygen atoms in total. The number of carboxylic acids is 1. The van der Waals surface area contributed by atoms with Crippen molar-refractivity contribution < 1.29 is 19.1 Å². The maximum atomic E-state index is 12.2. The second kappa shape index (κ2) is 8.37. The average molecular weight is 385 g/mol. The van der Waals surface area contributed by atoms with E-state index in [1.54, 1.807) is 29.6 Å². The van der Waals surface area contributed by atoms with Crippen molar-refractivity contribution in [3.05, 3.63) is 41.3 Å². The van der Waals surface area contributed by atoms with Crippen molar-refractivity contribution in [1.29, 1.82) is 0 Å². The zero-order chi connectivity index (χ0) is 16.7. The van der Waals surface area contributed by atoms with Crippen LogP contribution in [0.5, 0.6) is 0 Å². The number of halogens is 1. The van der Waals surface area contributed by atoms with Gasteiger partial charge in [-0.2, -0.15) is 0 Å². The summed E-state index contributed by atoms with van der Waals surface area (Å²) in [5, 5.41) is 11.2. The van der Waals surface area contributed by atoms with Crippen molar-refractivity contribution in [2.45, 2.75) is 19.5 Å². The van der Waals surface area contributed by atoms with Gasteiger partial charge in [0.15, 0.2) is 4.67 Å². The summed E-state index contributed by atoms with van der Waals surface area (Å²) in [7, 11) is 0. The third-order valence-corrected chi connectivity index (χ3v) is 3.49. The van der Waals surface area contributed by atoms with Crippen molar-refractivity contribution in [3.8, 4) is 0 Å². The van der Waals surface area contributed by atoms with Crippen molar-refractivity contribution >= 4 is 27.9 Å². The van der Waals surface area contributed by atoms with Crippen LogP contribution < -0.4 is 5.32 Å². The van der Waals surface area contributed by atoms with Gasteiger partial charge in [-0.05, 0) is 28.1 Å². The van der Waals surface area contributed by atoms with E-state index in [4.69, 9.17) is 9.52 Å². The number of hydrogen-bond donors (Lipinski definition) is 2. The highest BCUT2D eigenvalue weighted by Crippen LogP contribution is 2.15. The number of rotatable bonds is 8. The summed E-state index contributed by atoms with van der Waals surface area (Å²) in [6, 6.07) is 3.20. The summed E-state index contributed by atoms with van der Waals surface area (Å²) in [5.41, 5.74) is 0. The lowest BCUT2D eigenvalue weighted by Gasteiger charge is -2.22. The van der Waals surface area contributed by atoms with Crippen LogP contribution in [0.4, 0.5) is 4.79 Å². The van der Waals surface area contributed by atoms with Crippen LogP contribution in [0.25, 0.3) is 0 Å². The first kappa shape index (κ1) is 17.1. The lowest BCUT2D eigenvalue weighted by atomic mass is 10.4. The number of amides is 2. The van der Waals surface area contributed by atoms with Gasteiger partial charge in [-0.1, -0.05) is 0 Å². The maximum absolute atomic E-state index is 12.2. The molecule has 0 saturated carbocycles. The number of furan rings is 1. The normalized spacial score (nSPS) is 10.5. The fourth-order valence-electron chi connectivity index (χ4n) is 1.92. The van der Waals surface area contributed by atoms with Gasteiger partial charge in [-0.25, -0.2) is 9.78 Å². The highest BCUT2D eigenvalue weighted by molar-refractivity contribution is 9.10. The first-order valence-electron chi connectivity index (χ1n) is 6.99. The van der Waals surface area contributed by atoms with Crippen LogP contribution in [-0.4, -0.2) is 44.6 Å². The first-order chi connectivity index (χ1) is 11.0. The van der Waals surface area contributed by atoms with Crippen LogP contribution in [0.3, 0.4) is 0 Å². The van der Waals surface area contributed by atoms with E-state index in [1.807, 2.05) is 10.8 Å². The number of carbonyl (C=O) groups excluding carboxylic acids is 1. The van der Waals surface area contributed by atoms with Crippen LogP contribution in [-0.2, 0) is 17.9 Å². The van der Waals surface area contributed by atoms with E-state index in [9.17, 15) is 9.59 Å². The summed E-state index contributed by atoms with van der Waals surface area (Å²) in [5.74, 6) is -0.318. The molecule has 0 radical (unpaired) electrons. The smallest absolute Gasteiger partial charge is 0.317 e. The van der Waals surface area contributed by atoms with Gasteiger partial charge < -0.3 is 24.3 Å². The molecule has 0 aliphatic heterocycles. The summed E-state index contributed by atoms with van der Waals surface area (Å²) >= 11 is 3.22. The van der Waals surface area contributed by atoms with Gasteiger partial charge in [0.25, 0.3) is 0 Å². The number of nitrogens with zero attached hydrogens (tertiary/aromatic N) is 3. The van der Waals surface area contributed by atoms with Crippen molar-refractivity contribution in [1.82, 2.24) is 19.8 Å². The molecule has 0 aliphatic carbocycles. The molecular formula is C14H17BrN4O4. The molecule has 2 amide bonds. The first-order valence-corrected chi connectivity index (χ1v) is 7.78. The minimum absolute atomic E-state index is 0.0809. The molecule has 0 aliphatic rings. The number of nitrogens with one attached hydrogen (secondary N) is 1. The van der Waals surface area contributed by atoms with E-state index in [0.29, 0.717) is 30.1 Å². The fraction of sp³-hybridized carbons (Fsp3) is 0.357. The van der Waals surface area contributed by atoms with Crippen LogP contribution in [0.15, 0.2) is 39.9 Å². The molecule has 0 unspecified atom stereocenters. The minimum Gasteiger partial charge on any atom is -0.481 e. The quantitative estimate of drug-likeness (QED) is 0.723.